The molecule has 112 valence electrons. The first-order chi connectivity index (χ1) is 10.7. The number of ether oxygens (including phenoxy) is 2. The minimum absolute atomic E-state index is 0.194. The molecular weight excluding hydrogens is 345 g/mol. The first-order valence-electron chi connectivity index (χ1n) is 6.44. The lowest BCUT2D eigenvalue weighted by Gasteiger charge is -2.08. The monoisotopic (exact) mass is 353 g/mol. The summed E-state index contributed by atoms with van der Waals surface area (Å²) in [6.07, 6.45) is 0. The van der Waals surface area contributed by atoms with Gasteiger partial charge in [-0.25, -0.2) is 9.97 Å². The summed E-state index contributed by atoms with van der Waals surface area (Å²) in [6, 6.07) is 7.64. The van der Waals surface area contributed by atoms with E-state index in [0.29, 0.717) is 16.7 Å². The summed E-state index contributed by atoms with van der Waals surface area (Å²) in [4.78, 5) is 9.17. The second kappa shape index (κ2) is 5.46. The summed E-state index contributed by atoms with van der Waals surface area (Å²) >= 11 is 13.4. The largest absolute Gasteiger partial charge is 0.454 e. The zero-order chi connectivity index (χ0) is 15.1. The average molecular weight is 354 g/mol. The molecular formula is C14H9Cl2N3O2S. The van der Waals surface area contributed by atoms with Crippen LogP contribution in [-0.2, 0) is 6.54 Å². The molecule has 0 unspecified atom stereocenters. The van der Waals surface area contributed by atoms with Crippen LogP contribution < -0.4 is 14.8 Å². The molecule has 0 radical (unpaired) electrons. The lowest BCUT2D eigenvalue weighted by molar-refractivity contribution is 0.174. The first kappa shape index (κ1) is 13.9. The van der Waals surface area contributed by atoms with Crippen LogP contribution in [0.3, 0.4) is 0 Å². The lowest BCUT2D eigenvalue weighted by atomic mass is 10.2. The van der Waals surface area contributed by atoms with E-state index in [4.69, 9.17) is 32.7 Å². The van der Waals surface area contributed by atoms with Crippen LogP contribution in [0.1, 0.15) is 5.56 Å². The van der Waals surface area contributed by atoms with Gasteiger partial charge in [0.05, 0.1) is 9.72 Å². The molecule has 1 N–H and O–H groups in total. The Kier molecular flexibility index (Phi) is 3.44. The fourth-order valence-electron chi connectivity index (χ4n) is 2.24. The van der Waals surface area contributed by atoms with E-state index in [0.717, 1.165) is 27.3 Å². The molecule has 0 atom stereocenters. The smallest absolute Gasteiger partial charge is 0.231 e. The third kappa shape index (κ3) is 2.54. The zero-order valence-corrected chi connectivity index (χ0v) is 13.4. The normalized spacial score (nSPS) is 12.8. The number of fused-ring (bicyclic) bond motifs is 2. The zero-order valence-electron chi connectivity index (χ0n) is 11.1. The third-order valence-corrected chi connectivity index (χ3v) is 4.56. The third-order valence-electron chi connectivity index (χ3n) is 3.23. The molecule has 0 aliphatic carbocycles. The molecule has 4 rings (SSSR count). The number of nitrogens with one attached hydrogen (secondary N) is 1. The summed E-state index contributed by atoms with van der Waals surface area (Å²) in [7, 11) is 0. The minimum atomic E-state index is 0.194. The number of rotatable bonds is 3. The van der Waals surface area contributed by atoms with Crippen LogP contribution in [0.5, 0.6) is 11.5 Å². The van der Waals surface area contributed by atoms with Crippen molar-refractivity contribution in [1.29, 1.82) is 0 Å². The van der Waals surface area contributed by atoms with Crippen molar-refractivity contribution >= 4 is 50.6 Å². The number of aromatic nitrogens is 2. The van der Waals surface area contributed by atoms with E-state index in [1.807, 2.05) is 24.3 Å². The number of halogens is 2. The van der Waals surface area contributed by atoms with Crippen LogP contribution in [-0.4, -0.2) is 16.8 Å². The van der Waals surface area contributed by atoms with Crippen LogP contribution in [0.4, 0.5) is 5.82 Å². The van der Waals surface area contributed by atoms with E-state index in [2.05, 4.69) is 15.3 Å². The predicted molar refractivity (Wildman–Crippen MR) is 87.3 cm³/mol. The van der Waals surface area contributed by atoms with Gasteiger partial charge in [0.15, 0.2) is 11.5 Å². The van der Waals surface area contributed by atoms with E-state index < -0.39 is 0 Å². The van der Waals surface area contributed by atoms with Crippen molar-refractivity contribution in [3.63, 3.8) is 0 Å². The summed E-state index contributed by atoms with van der Waals surface area (Å²) in [5, 5.41) is 4.32. The van der Waals surface area contributed by atoms with Crippen molar-refractivity contribution < 1.29 is 9.47 Å². The van der Waals surface area contributed by atoms with Gasteiger partial charge >= 0.3 is 0 Å². The van der Waals surface area contributed by atoms with E-state index in [1.54, 1.807) is 0 Å². The number of thiophene rings is 1. The van der Waals surface area contributed by atoms with Crippen molar-refractivity contribution in [1.82, 2.24) is 9.97 Å². The van der Waals surface area contributed by atoms with Crippen LogP contribution in [0.25, 0.3) is 10.2 Å². The molecule has 0 fully saturated rings. The molecule has 0 bridgehead atoms. The van der Waals surface area contributed by atoms with Gasteiger partial charge in [-0.15, -0.1) is 11.3 Å². The molecule has 3 aromatic rings. The number of benzene rings is 1. The Labute approximate surface area is 139 Å². The molecule has 8 heteroatoms. The molecule has 1 aliphatic rings. The van der Waals surface area contributed by atoms with Gasteiger partial charge in [-0.3, -0.25) is 0 Å². The van der Waals surface area contributed by atoms with Crippen LogP contribution in [0.15, 0.2) is 24.3 Å². The van der Waals surface area contributed by atoms with E-state index in [1.165, 1.54) is 11.3 Å². The Bertz CT molecular complexity index is 869. The number of hydrogen-bond acceptors (Lipinski definition) is 6. The Morgan fingerprint density at radius 1 is 1.14 bits per heavy atom. The molecule has 3 heterocycles. The van der Waals surface area contributed by atoms with Crippen LogP contribution in [0.2, 0.25) is 9.62 Å². The van der Waals surface area contributed by atoms with Gasteiger partial charge in [0, 0.05) is 6.54 Å². The highest BCUT2D eigenvalue weighted by molar-refractivity contribution is 7.22. The molecule has 1 aliphatic heterocycles. The van der Waals surface area contributed by atoms with Crippen molar-refractivity contribution in [3.8, 4) is 11.5 Å². The number of nitrogens with zero attached hydrogens (tertiary/aromatic N) is 2. The molecule has 0 saturated carbocycles. The Balaban J connectivity index is 1.61. The van der Waals surface area contributed by atoms with E-state index >= 15 is 0 Å². The van der Waals surface area contributed by atoms with Crippen molar-refractivity contribution in [2.24, 2.45) is 0 Å². The maximum Gasteiger partial charge on any atom is 0.231 e. The van der Waals surface area contributed by atoms with Crippen LogP contribution >= 0.6 is 34.5 Å². The molecule has 2 aromatic heterocycles. The molecule has 22 heavy (non-hydrogen) atoms. The fourth-order valence-corrected chi connectivity index (χ4v) is 3.54. The standard InChI is InChI=1S/C14H9Cl2N3O2S/c15-11-4-8-12(18-14(16)19-13(8)22-11)17-5-7-1-2-9-10(3-7)21-6-20-9/h1-4H,5-6H2,(H,17,18,19). The molecule has 1 aromatic carbocycles. The minimum Gasteiger partial charge on any atom is -0.454 e. The molecule has 0 spiro atoms. The second-order valence-corrected chi connectivity index (χ2v) is 6.65. The maximum atomic E-state index is 6.04. The van der Waals surface area contributed by atoms with Gasteiger partial charge < -0.3 is 14.8 Å². The van der Waals surface area contributed by atoms with Gasteiger partial charge in [-0.2, -0.15) is 0 Å². The van der Waals surface area contributed by atoms with Gasteiger partial charge in [0.1, 0.15) is 10.6 Å². The quantitative estimate of drug-likeness (QED) is 0.709. The second-order valence-electron chi connectivity index (χ2n) is 4.65. The summed E-state index contributed by atoms with van der Waals surface area (Å²) in [6.45, 7) is 0.842. The average Bonchev–Trinajstić information content (AvgIpc) is 3.09. The van der Waals surface area contributed by atoms with Crippen molar-refractivity contribution in [2.45, 2.75) is 6.54 Å². The SMILES string of the molecule is Clc1nc(NCc2ccc3c(c2)OCO3)c2cc(Cl)sc2n1. The first-order valence-corrected chi connectivity index (χ1v) is 8.01. The van der Waals surface area contributed by atoms with Crippen molar-refractivity contribution in [2.75, 3.05) is 12.1 Å². The molecule has 0 saturated heterocycles. The molecule has 5 nitrogen and oxygen atoms in total. The summed E-state index contributed by atoms with van der Waals surface area (Å²) < 4.78 is 11.3. The summed E-state index contributed by atoms with van der Waals surface area (Å²) in [5.74, 6) is 2.18. The van der Waals surface area contributed by atoms with Gasteiger partial charge in [-0.1, -0.05) is 17.7 Å². The highest BCUT2D eigenvalue weighted by Gasteiger charge is 2.14. The van der Waals surface area contributed by atoms with E-state index in [-0.39, 0.29) is 12.1 Å². The highest BCUT2D eigenvalue weighted by Crippen LogP contribution is 2.34. The Morgan fingerprint density at radius 2 is 2.00 bits per heavy atom. The fraction of sp³-hybridized carbons (Fsp3) is 0.143. The topological polar surface area (TPSA) is 56.3 Å². The Hall–Kier alpha value is -1.76. The van der Waals surface area contributed by atoms with E-state index in [9.17, 15) is 0 Å². The van der Waals surface area contributed by atoms with Crippen LogP contribution in [0, 0.1) is 0 Å². The highest BCUT2D eigenvalue weighted by atomic mass is 35.5. The predicted octanol–water partition coefficient (Wildman–Crippen LogP) is 4.34. The maximum absolute atomic E-state index is 6.04. The van der Waals surface area contributed by atoms with Crippen molar-refractivity contribution in [3.05, 3.63) is 39.4 Å². The number of anilines is 1. The molecule has 0 amide bonds. The van der Waals surface area contributed by atoms with Gasteiger partial charge in [-0.05, 0) is 35.4 Å². The van der Waals surface area contributed by atoms with Gasteiger partial charge in [0.25, 0.3) is 0 Å². The van der Waals surface area contributed by atoms with Gasteiger partial charge in [0.2, 0.25) is 12.1 Å². The Morgan fingerprint density at radius 3 is 2.91 bits per heavy atom. The lowest BCUT2D eigenvalue weighted by Crippen LogP contribution is -2.02. The summed E-state index contributed by atoms with van der Waals surface area (Å²) in [5.41, 5.74) is 1.05. The number of hydrogen-bond donors (Lipinski definition) is 1.